The van der Waals surface area contributed by atoms with Crippen LogP contribution in [-0.2, 0) is 4.79 Å². The molecule has 7 nitrogen and oxygen atoms in total. The van der Waals surface area contributed by atoms with Crippen LogP contribution < -0.4 is 4.74 Å². The molecule has 92 valence electrons. The van der Waals surface area contributed by atoms with E-state index in [2.05, 4.69) is 0 Å². The third-order valence-electron chi connectivity index (χ3n) is 2.03. The first-order valence-electron chi connectivity index (χ1n) is 4.79. The van der Waals surface area contributed by atoms with Crippen molar-refractivity contribution in [1.29, 1.82) is 0 Å². The van der Waals surface area contributed by atoms with Crippen LogP contribution in [0.2, 0.25) is 0 Å². The minimum absolute atomic E-state index is 0.119. The van der Waals surface area contributed by atoms with Gasteiger partial charge in [-0.25, -0.2) is 4.79 Å². The van der Waals surface area contributed by atoms with Crippen molar-refractivity contribution in [3.63, 3.8) is 0 Å². The maximum Gasteiger partial charge on any atom is 0.337 e. The van der Waals surface area contributed by atoms with Crippen molar-refractivity contribution in [3.8, 4) is 5.75 Å². The number of aliphatic hydroxyl groups excluding tert-OH is 1. The standard InChI is InChI=1S/C10H11NO6/c1-2-17-8-4-3-6(11(15)16)5-7(8)9(12)10(13)14/h3-5,9,12H,2H2,1H3,(H,13,14). The van der Waals surface area contributed by atoms with E-state index in [-0.39, 0.29) is 23.6 Å². The number of carboxylic acid groups (broad SMARTS) is 1. The molecule has 0 heterocycles. The predicted octanol–water partition coefficient (Wildman–Crippen LogP) is 1.11. The van der Waals surface area contributed by atoms with Crippen LogP contribution in [0.15, 0.2) is 18.2 Å². The topological polar surface area (TPSA) is 110 Å². The smallest absolute Gasteiger partial charge is 0.337 e. The van der Waals surface area contributed by atoms with Gasteiger partial charge in [-0.1, -0.05) is 0 Å². The molecule has 0 saturated heterocycles. The van der Waals surface area contributed by atoms with E-state index in [4.69, 9.17) is 9.84 Å². The van der Waals surface area contributed by atoms with Gasteiger partial charge in [-0.2, -0.15) is 0 Å². The van der Waals surface area contributed by atoms with Gasteiger partial charge in [0.2, 0.25) is 0 Å². The van der Waals surface area contributed by atoms with Crippen LogP contribution in [-0.4, -0.2) is 27.7 Å². The third kappa shape index (κ3) is 2.91. The molecule has 1 atom stereocenters. The van der Waals surface area contributed by atoms with Gasteiger partial charge >= 0.3 is 5.97 Å². The zero-order valence-electron chi connectivity index (χ0n) is 8.99. The first kappa shape index (κ1) is 12.9. The van der Waals surface area contributed by atoms with Crippen molar-refractivity contribution in [2.24, 2.45) is 0 Å². The van der Waals surface area contributed by atoms with Crippen molar-refractivity contribution in [2.75, 3.05) is 6.61 Å². The van der Waals surface area contributed by atoms with E-state index < -0.39 is 17.0 Å². The highest BCUT2D eigenvalue weighted by molar-refractivity contribution is 5.75. The second kappa shape index (κ2) is 5.26. The van der Waals surface area contributed by atoms with Gasteiger partial charge in [-0.3, -0.25) is 10.1 Å². The molecule has 0 radical (unpaired) electrons. The molecule has 0 aromatic heterocycles. The molecule has 7 heteroatoms. The van der Waals surface area contributed by atoms with Crippen LogP contribution in [0, 0.1) is 10.1 Å². The highest BCUT2D eigenvalue weighted by atomic mass is 16.6. The molecule has 0 aliphatic carbocycles. The quantitative estimate of drug-likeness (QED) is 0.590. The number of nitro groups is 1. The van der Waals surface area contributed by atoms with E-state index in [1.54, 1.807) is 6.92 Å². The number of nitrogens with zero attached hydrogens (tertiary/aromatic N) is 1. The molecule has 1 rings (SSSR count). The number of rotatable bonds is 5. The number of hydrogen-bond donors (Lipinski definition) is 2. The summed E-state index contributed by atoms with van der Waals surface area (Å²) in [6.07, 6.45) is -1.85. The molecule has 2 N–H and O–H groups in total. The minimum Gasteiger partial charge on any atom is -0.493 e. The van der Waals surface area contributed by atoms with E-state index in [1.165, 1.54) is 12.1 Å². The van der Waals surface area contributed by atoms with Gasteiger partial charge in [0, 0.05) is 17.7 Å². The number of hydrogen-bond acceptors (Lipinski definition) is 5. The second-order valence-corrected chi connectivity index (χ2v) is 3.15. The van der Waals surface area contributed by atoms with Crippen LogP contribution in [0.4, 0.5) is 5.69 Å². The molecular formula is C10H11NO6. The van der Waals surface area contributed by atoms with Crippen molar-refractivity contribution in [1.82, 2.24) is 0 Å². The molecule has 1 aromatic carbocycles. The zero-order valence-corrected chi connectivity index (χ0v) is 8.99. The molecule has 0 bridgehead atoms. The number of benzene rings is 1. The van der Waals surface area contributed by atoms with E-state index in [1.807, 2.05) is 0 Å². The average Bonchev–Trinajstić information content (AvgIpc) is 2.28. The first-order chi connectivity index (χ1) is 7.97. The number of non-ortho nitro benzene ring substituents is 1. The van der Waals surface area contributed by atoms with Gasteiger partial charge < -0.3 is 14.9 Å². The average molecular weight is 241 g/mol. The Morgan fingerprint density at radius 3 is 2.71 bits per heavy atom. The highest BCUT2D eigenvalue weighted by Crippen LogP contribution is 2.29. The van der Waals surface area contributed by atoms with E-state index in [0.717, 1.165) is 6.07 Å². The Bertz CT molecular complexity index is 444. The Labute approximate surface area is 96.4 Å². The monoisotopic (exact) mass is 241 g/mol. The first-order valence-corrected chi connectivity index (χ1v) is 4.79. The number of carboxylic acids is 1. The van der Waals surface area contributed by atoms with Gasteiger partial charge in [0.15, 0.2) is 6.10 Å². The van der Waals surface area contributed by atoms with Crippen molar-refractivity contribution in [3.05, 3.63) is 33.9 Å². The van der Waals surface area contributed by atoms with Crippen LogP contribution >= 0.6 is 0 Å². The van der Waals surface area contributed by atoms with Gasteiger partial charge in [0.1, 0.15) is 5.75 Å². The van der Waals surface area contributed by atoms with Crippen molar-refractivity contribution in [2.45, 2.75) is 13.0 Å². The molecule has 0 spiro atoms. The predicted molar refractivity (Wildman–Crippen MR) is 56.9 cm³/mol. The Kier molecular flexibility index (Phi) is 4.00. The summed E-state index contributed by atoms with van der Waals surface area (Å²) < 4.78 is 5.10. The summed E-state index contributed by atoms with van der Waals surface area (Å²) in [6, 6.07) is 3.44. The Hall–Kier alpha value is -2.15. The van der Waals surface area contributed by atoms with Crippen molar-refractivity contribution >= 4 is 11.7 Å². The maximum atomic E-state index is 10.7. The van der Waals surface area contributed by atoms with Gasteiger partial charge in [-0.05, 0) is 13.0 Å². The zero-order chi connectivity index (χ0) is 13.0. The SMILES string of the molecule is CCOc1ccc([N+](=O)[O-])cc1C(O)C(=O)O. The summed E-state index contributed by atoms with van der Waals surface area (Å²) in [5.74, 6) is -1.38. The van der Waals surface area contributed by atoms with Gasteiger partial charge in [0.25, 0.3) is 5.69 Å². The lowest BCUT2D eigenvalue weighted by Crippen LogP contribution is -2.12. The van der Waals surface area contributed by atoms with E-state index in [0.29, 0.717) is 0 Å². The molecule has 0 aliphatic rings. The summed E-state index contributed by atoms with van der Waals surface area (Å²) in [5, 5.41) is 28.6. The molecule has 0 amide bonds. The Morgan fingerprint density at radius 1 is 1.59 bits per heavy atom. The summed E-state index contributed by atoms with van der Waals surface area (Å²) in [5.41, 5.74) is -0.433. The fraction of sp³-hybridized carbons (Fsp3) is 0.300. The van der Waals surface area contributed by atoms with Crippen LogP contribution in [0.25, 0.3) is 0 Å². The van der Waals surface area contributed by atoms with Crippen LogP contribution in [0.3, 0.4) is 0 Å². The van der Waals surface area contributed by atoms with Gasteiger partial charge in [0.05, 0.1) is 11.5 Å². The summed E-state index contributed by atoms with van der Waals surface area (Å²) >= 11 is 0. The highest BCUT2D eigenvalue weighted by Gasteiger charge is 2.23. The molecule has 0 aliphatic heterocycles. The molecular weight excluding hydrogens is 230 g/mol. The summed E-state index contributed by atoms with van der Waals surface area (Å²) in [4.78, 5) is 20.5. The van der Waals surface area contributed by atoms with Crippen molar-refractivity contribution < 1.29 is 24.7 Å². The number of aliphatic hydroxyl groups is 1. The molecule has 0 fully saturated rings. The Morgan fingerprint density at radius 2 is 2.24 bits per heavy atom. The maximum absolute atomic E-state index is 10.7. The Balaban J connectivity index is 3.24. The lowest BCUT2D eigenvalue weighted by molar-refractivity contribution is -0.385. The van der Waals surface area contributed by atoms with E-state index in [9.17, 15) is 20.0 Å². The third-order valence-corrected chi connectivity index (χ3v) is 2.03. The summed E-state index contributed by atoms with van der Waals surface area (Å²) in [6.45, 7) is 1.94. The summed E-state index contributed by atoms with van der Waals surface area (Å²) in [7, 11) is 0. The van der Waals surface area contributed by atoms with Crippen LogP contribution in [0.5, 0.6) is 5.75 Å². The lowest BCUT2D eigenvalue weighted by atomic mass is 10.1. The lowest BCUT2D eigenvalue weighted by Gasteiger charge is -2.12. The number of nitro benzene ring substituents is 1. The molecule has 1 unspecified atom stereocenters. The second-order valence-electron chi connectivity index (χ2n) is 3.15. The normalized spacial score (nSPS) is 11.9. The number of aliphatic carboxylic acids is 1. The number of ether oxygens (including phenoxy) is 1. The molecule has 1 aromatic rings. The minimum atomic E-state index is -1.85. The number of carbonyl (C=O) groups is 1. The fourth-order valence-corrected chi connectivity index (χ4v) is 1.28. The van der Waals surface area contributed by atoms with Gasteiger partial charge in [-0.15, -0.1) is 0 Å². The fourth-order valence-electron chi connectivity index (χ4n) is 1.28. The molecule has 17 heavy (non-hydrogen) atoms. The van der Waals surface area contributed by atoms with E-state index >= 15 is 0 Å². The largest absolute Gasteiger partial charge is 0.493 e. The van der Waals surface area contributed by atoms with Crippen LogP contribution in [0.1, 0.15) is 18.6 Å². The molecule has 0 saturated carbocycles.